The van der Waals surface area contributed by atoms with Crippen molar-refractivity contribution in [1.29, 1.82) is 0 Å². The zero-order chi connectivity index (χ0) is 12.3. The zero-order valence-electron chi connectivity index (χ0n) is 9.87. The Balaban J connectivity index is 2.26. The number of tetrazole rings is 1. The van der Waals surface area contributed by atoms with Crippen molar-refractivity contribution in [2.45, 2.75) is 20.3 Å². The molecule has 0 aliphatic rings. The molecule has 0 radical (unpaired) electrons. The molecule has 5 heteroatoms. The van der Waals surface area contributed by atoms with E-state index in [2.05, 4.69) is 15.5 Å². The van der Waals surface area contributed by atoms with Crippen LogP contribution in [0.2, 0.25) is 0 Å². The van der Waals surface area contributed by atoms with Gasteiger partial charge in [-0.25, -0.2) is 0 Å². The van der Waals surface area contributed by atoms with Gasteiger partial charge < -0.3 is 0 Å². The summed E-state index contributed by atoms with van der Waals surface area (Å²) in [5.74, 6) is 0.787. The minimum Gasteiger partial charge on any atom is -0.300 e. The van der Waals surface area contributed by atoms with Crippen molar-refractivity contribution < 1.29 is 4.79 Å². The maximum absolute atomic E-state index is 11.2. The van der Waals surface area contributed by atoms with Crippen molar-refractivity contribution >= 4 is 5.78 Å². The first-order chi connectivity index (χ1) is 8.18. The van der Waals surface area contributed by atoms with E-state index in [4.69, 9.17) is 0 Å². The summed E-state index contributed by atoms with van der Waals surface area (Å²) in [6.45, 7) is 3.47. The van der Waals surface area contributed by atoms with Crippen LogP contribution in [0.3, 0.4) is 0 Å². The molecule has 1 atom stereocenters. The second-order valence-electron chi connectivity index (χ2n) is 4.06. The number of aromatic nitrogens is 4. The molecule has 1 unspecified atom stereocenters. The first-order valence-electron chi connectivity index (χ1n) is 5.51. The number of carbonyl (C=O) groups is 1. The number of nitrogens with zero attached hydrogens (tertiary/aromatic N) is 4. The second kappa shape index (κ2) is 4.86. The average Bonchev–Trinajstić information content (AvgIpc) is 2.78. The predicted molar refractivity (Wildman–Crippen MR) is 62.7 cm³/mol. The van der Waals surface area contributed by atoms with Gasteiger partial charge in [-0.3, -0.25) is 4.79 Å². The highest BCUT2D eigenvalue weighted by Gasteiger charge is 2.14. The summed E-state index contributed by atoms with van der Waals surface area (Å²) < 4.78 is 1.67. The highest BCUT2D eigenvalue weighted by molar-refractivity contribution is 5.78. The Morgan fingerprint density at radius 2 is 2.06 bits per heavy atom. The van der Waals surface area contributed by atoms with E-state index in [0.29, 0.717) is 12.2 Å². The van der Waals surface area contributed by atoms with E-state index in [-0.39, 0.29) is 11.7 Å². The Morgan fingerprint density at radius 3 is 2.71 bits per heavy atom. The molecule has 0 amide bonds. The van der Waals surface area contributed by atoms with Gasteiger partial charge in [0.05, 0.1) is 5.69 Å². The van der Waals surface area contributed by atoms with Gasteiger partial charge in [0.2, 0.25) is 0 Å². The summed E-state index contributed by atoms with van der Waals surface area (Å²) in [7, 11) is 0. The van der Waals surface area contributed by atoms with Crippen LogP contribution in [0.4, 0.5) is 0 Å². The van der Waals surface area contributed by atoms with E-state index in [0.717, 1.165) is 5.69 Å². The molecule has 0 bridgehead atoms. The molecule has 0 aliphatic heterocycles. The summed E-state index contributed by atoms with van der Waals surface area (Å²) >= 11 is 0. The lowest BCUT2D eigenvalue weighted by Crippen LogP contribution is -2.13. The first-order valence-corrected chi connectivity index (χ1v) is 5.51. The molecule has 17 heavy (non-hydrogen) atoms. The van der Waals surface area contributed by atoms with Crippen LogP contribution >= 0.6 is 0 Å². The average molecular weight is 230 g/mol. The highest BCUT2D eigenvalue weighted by atomic mass is 16.1. The van der Waals surface area contributed by atoms with E-state index < -0.39 is 0 Å². The molecule has 0 saturated heterocycles. The number of carbonyl (C=O) groups excluding carboxylic acids is 1. The molecule has 1 aromatic heterocycles. The van der Waals surface area contributed by atoms with Crippen LogP contribution in [0.15, 0.2) is 30.3 Å². The maximum Gasteiger partial charge on any atom is 0.157 e. The van der Waals surface area contributed by atoms with Crippen molar-refractivity contribution in [2.24, 2.45) is 5.92 Å². The normalized spacial score (nSPS) is 12.4. The van der Waals surface area contributed by atoms with Gasteiger partial charge in [0.15, 0.2) is 5.82 Å². The molecule has 0 saturated carbocycles. The van der Waals surface area contributed by atoms with Gasteiger partial charge in [-0.15, -0.1) is 5.10 Å². The molecule has 0 aliphatic carbocycles. The molecule has 2 aromatic rings. The fraction of sp³-hybridized carbons (Fsp3) is 0.333. The first kappa shape index (κ1) is 11.4. The third-order valence-electron chi connectivity index (χ3n) is 2.72. The number of hydrogen-bond acceptors (Lipinski definition) is 4. The van der Waals surface area contributed by atoms with E-state index in [1.165, 1.54) is 0 Å². The molecular weight excluding hydrogens is 216 g/mol. The van der Waals surface area contributed by atoms with Crippen LogP contribution in [0.25, 0.3) is 5.69 Å². The van der Waals surface area contributed by atoms with Gasteiger partial charge in [0.1, 0.15) is 5.78 Å². The van der Waals surface area contributed by atoms with Gasteiger partial charge in [0, 0.05) is 12.3 Å². The summed E-state index contributed by atoms with van der Waals surface area (Å²) in [6, 6.07) is 9.65. The number of benzene rings is 1. The summed E-state index contributed by atoms with van der Waals surface area (Å²) in [6.07, 6.45) is 0.553. The van der Waals surface area contributed by atoms with Crippen molar-refractivity contribution in [3.05, 3.63) is 36.2 Å². The lowest BCUT2D eigenvalue weighted by Gasteiger charge is -2.07. The lowest BCUT2D eigenvalue weighted by molar-refractivity contribution is -0.120. The van der Waals surface area contributed by atoms with Crippen molar-refractivity contribution in [3.63, 3.8) is 0 Å². The SMILES string of the molecule is CC(=O)C(C)Cc1nnnn1-c1ccccc1. The standard InChI is InChI=1S/C12H14N4O/c1-9(10(2)17)8-12-13-14-15-16(12)11-6-4-3-5-7-11/h3-7,9H,8H2,1-2H3. The minimum absolute atomic E-state index is 0.0662. The number of ketones is 1. The summed E-state index contributed by atoms with van der Waals surface area (Å²) in [4.78, 5) is 11.2. The third kappa shape index (κ3) is 2.55. The maximum atomic E-state index is 11.2. The van der Waals surface area contributed by atoms with Gasteiger partial charge in [-0.05, 0) is 29.5 Å². The summed E-state index contributed by atoms with van der Waals surface area (Å²) in [5, 5.41) is 11.6. The molecule has 1 heterocycles. The molecule has 1 aromatic carbocycles. The minimum atomic E-state index is -0.0662. The third-order valence-corrected chi connectivity index (χ3v) is 2.72. The molecule has 0 spiro atoms. The van der Waals surface area contributed by atoms with E-state index in [1.807, 2.05) is 37.3 Å². The zero-order valence-corrected chi connectivity index (χ0v) is 9.87. The quantitative estimate of drug-likeness (QED) is 0.797. The Labute approximate surface area is 99.5 Å². The highest BCUT2D eigenvalue weighted by Crippen LogP contribution is 2.11. The molecule has 88 valence electrons. The second-order valence-corrected chi connectivity index (χ2v) is 4.06. The monoisotopic (exact) mass is 230 g/mol. The predicted octanol–water partition coefficient (Wildman–Crippen LogP) is 1.43. The summed E-state index contributed by atoms with van der Waals surface area (Å²) in [5.41, 5.74) is 0.906. The van der Waals surface area contributed by atoms with Crippen molar-refractivity contribution in [2.75, 3.05) is 0 Å². The van der Waals surface area contributed by atoms with E-state index in [1.54, 1.807) is 11.6 Å². The van der Waals surface area contributed by atoms with Gasteiger partial charge in [-0.2, -0.15) is 4.68 Å². The lowest BCUT2D eigenvalue weighted by atomic mass is 10.0. The number of rotatable bonds is 4. The largest absolute Gasteiger partial charge is 0.300 e. The topological polar surface area (TPSA) is 60.7 Å². The Morgan fingerprint density at radius 1 is 1.35 bits per heavy atom. The Kier molecular flexibility index (Phi) is 3.27. The molecule has 5 nitrogen and oxygen atoms in total. The van der Waals surface area contributed by atoms with Gasteiger partial charge in [-0.1, -0.05) is 25.1 Å². The van der Waals surface area contributed by atoms with Crippen molar-refractivity contribution in [3.8, 4) is 5.69 Å². The fourth-order valence-corrected chi connectivity index (χ4v) is 1.52. The van der Waals surface area contributed by atoms with Crippen LogP contribution in [0, 0.1) is 5.92 Å². The van der Waals surface area contributed by atoms with Crippen LogP contribution in [-0.4, -0.2) is 26.0 Å². The molecule has 0 fully saturated rings. The van der Waals surface area contributed by atoms with E-state index >= 15 is 0 Å². The number of para-hydroxylation sites is 1. The smallest absolute Gasteiger partial charge is 0.157 e. The van der Waals surface area contributed by atoms with Gasteiger partial charge in [0.25, 0.3) is 0 Å². The van der Waals surface area contributed by atoms with E-state index in [9.17, 15) is 4.79 Å². The Hall–Kier alpha value is -2.04. The van der Waals surface area contributed by atoms with Crippen LogP contribution in [-0.2, 0) is 11.2 Å². The van der Waals surface area contributed by atoms with Crippen LogP contribution in [0.1, 0.15) is 19.7 Å². The fourth-order valence-electron chi connectivity index (χ4n) is 1.52. The van der Waals surface area contributed by atoms with Crippen LogP contribution in [0.5, 0.6) is 0 Å². The van der Waals surface area contributed by atoms with Gasteiger partial charge >= 0.3 is 0 Å². The molecular formula is C12H14N4O. The van der Waals surface area contributed by atoms with Crippen molar-refractivity contribution in [1.82, 2.24) is 20.2 Å². The van der Waals surface area contributed by atoms with Crippen LogP contribution < -0.4 is 0 Å². The molecule has 0 N–H and O–H groups in total. The number of hydrogen-bond donors (Lipinski definition) is 0. The molecule has 2 rings (SSSR count). The Bertz CT molecular complexity index is 506. The number of Topliss-reactive ketones (excluding diaryl/α,β-unsaturated/α-hetero) is 1.